The highest BCUT2D eigenvalue weighted by molar-refractivity contribution is 6.29. The quantitative estimate of drug-likeness (QED) is 0.802. The van der Waals surface area contributed by atoms with E-state index in [4.69, 9.17) is 16.9 Å². The number of rotatable bonds is 2. The van der Waals surface area contributed by atoms with Crippen molar-refractivity contribution in [2.45, 2.75) is 33.7 Å². The molecule has 0 aromatic carbocycles. The molecule has 0 bridgehead atoms. The molecule has 0 radical (unpaired) electrons. The average molecular weight is 238 g/mol. The fraction of sp³-hybridized carbons (Fsp3) is 0.500. The predicted octanol–water partition coefficient (Wildman–Crippen LogP) is 3.45. The highest BCUT2D eigenvalue weighted by Gasteiger charge is 2.20. The van der Waals surface area contributed by atoms with Gasteiger partial charge in [0.25, 0.3) is 0 Å². The molecule has 4 heteroatoms. The van der Waals surface area contributed by atoms with Crippen LogP contribution in [-0.2, 0) is 0 Å². The third kappa shape index (κ3) is 3.39. The van der Waals surface area contributed by atoms with Crippen molar-refractivity contribution >= 4 is 17.4 Å². The normalized spacial score (nSPS) is 13.0. The van der Waals surface area contributed by atoms with Gasteiger partial charge in [0.2, 0.25) is 0 Å². The summed E-state index contributed by atoms with van der Waals surface area (Å²) in [6, 6.07) is 5.55. The van der Waals surface area contributed by atoms with Crippen molar-refractivity contribution in [3.63, 3.8) is 0 Å². The molecule has 1 unspecified atom stereocenters. The summed E-state index contributed by atoms with van der Waals surface area (Å²) in [5.74, 6) is 0.645. The van der Waals surface area contributed by atoms with Gasteiger partial charge in [-0.1, -0.05) is 32.4 Å². The standard InChI is InChI=1S/C12H16ClN3/c1-8(12(2,3)4)15-11-6-9(7-14)5-10(13)16-11/h5-6,8H,1-4H3,(H,15,16). The minimum absolute atomic E-state index is 0.122. The highest BCUT2D eigenvalue weighted by atomic mass is 35.5. The van der Waals surface area contributed by atoms with Gasteiger partial charge in [-0.2, -0.15) is 5.26 Å². The van der Waals surface area contributed by atoms with E-state index in [0.29, 0.717) is 16.5 Å². The van der Waals surface area contributed by atoms with Crippen molar-refractivity contribution in [2.75, 3.05) is 5.32 Å². The maximum Gasteiger partial charge on any atom is 0.132 e. The lowest BCUT2D eigenvalue weighted by atomic mass is 9.88. The number of anilines is 1. The molecule has 86 valence electrons. The second kappa shape index (κ2) is 4.71. The smallest absolute Gasteiger partial charge is 0.132 e. The summed E-state index contributed by atoms with van der Waals surface area (Å²) < 4.78 is 0. The molecule has 1 heterocycles. The summed E-state index contributed by atoms with van der Waals surface area (Å²) in [7, 11) is 0. The Balaban J connectivity index is 2.90. The lowest BCUT2D eigenvalue weighted by Gasteiger charge is -2.28. The molecule has 1 atom stereocenters. The van der Waals surface area contributed by atoms with E-state index in [1.165, 1.54) is 0 Å². The first-order valence-electron chi connectivity index (χ1n) is 5.17. The van der Waals surface area contributed by atoms with Crippen LogP contribution in [0.4, 0.5) is 5.82 Å². The number of aromatic nitrogens is 1. The minimum atomic E-state index is 0.122. The van der Waals surface area contributed by atoms with Gasteiger partial charge in [-0.15, -0.1) is 0 Å². The lowest BCUT2D eigenvalue weighted by molar-refractivity contribution is 0.359. The monoisotopic (exact) mass is 237 g/mol. The van der Waals surface area contributed by atoms with Gasteiger partial charge in [0.05, 0.1) is 11.6 Å². The lowest BCUT2D eigenvalue weighted by Crippen LogP contribution is -2.31. The van der Waals surface area contributed by atoms with Gasteiger partial charge in [-0.3, -0.25) is 0 Å². The third-order valence-corrected chi connectivity index (χ3v) is 2.78. The average Bonchev–Trinajstić information content (AvgIpc) is 2.15. The number of nitrogens with zero attached hydrogens (tertiary/aromatic N) is 2. The van der Waals surface area contributed by atoms with Crippen LogP contribution in [0.1, 0.15) is 33.3 Å². The van der Waals surface area contributed by atoms with Crippen LogP contribution in [0.3, 0.4) is 0 Å². The van der Waals surface area contributed by atoms with Gasteiger partial charge in [0, 0.05) is 6.04 Å². The first-order chi connectivity index (χ1) is 7.32. The first kappa shape index (κ1) is 12.8. The molecule has 3 nitrogen and oxygen atoms in total. The van der Waals surface area contributed by atoms with Crippen molar-refractivity contribution in [1.29, 1.82) is 5.26 Å². The molecule has 0 saturated heterocycles. The molecule has 1 aromatic rings. The molecule has 0 aliphatic heterocycles. The van der Waals surface area contributed by atoms with Crippen LogP contribution in [0.5, 0.6) is 0 Å². The Morgan fingerprint density at radius 2 is 2.06 bits per heavy atom. The van der Waals surface area contributed by atoms with Crippen LogP contribution < -0.4 is 5.32 Å². The molecule has 1 N–H and O–H groups in total. The van der Waals surface area contributed by atoms with Gasteiger partial charge in [-0.25, -0.2) is 4.98 Å². The number of nitrogens with one attached hydrogen (secondary N) is 1. The summed E-state index contributed by atoms with van der Waals surface area (Å²) in [5.41, 5.74) is 0.639. The fourth-order valence-corrected chi connectivity index (χ4v) is 1.28. The van der Waals surface area contributed by atoms with Gasteiger partial charge in [-0.05, 0) is 24.5 Å². The van der Waals surface area contributed by atoms with Crippen LogP contribution in [0.25, 0.3) is 0 Å². The predicted molar refractivity (Wildman–Crippen MR) is 66.5 cm³/mol. The van der Waals surface area contributed by atoms with Gasteiger partial charge in [0.1, 0.15) is 11.0 Å². The number of nitriles is 1. The van der Waals surface area contributed by atoms with E-state index in [9.17, 15) is 0 Å². The van der Waals surface area contributed by atoms with Crippen LogP contribution in [0.15, 0.2) is 12.1 Å². The SMILES string of the molecule is CC(Nc1cc(C#N)cc(Cl)n1)C(C)(C)C. The van der Waals surface area contributed by atoms with Crippen molar-refractivity contribution in [3.8, 4) is 6.07 Å². The molecule has 0 spiro atoms. The second-order valence-electron chi connectivity index (χ2n) is 4.91. The molecule has 0 amide bonds. The third-order valence-electron chi connectivity index (χ3n) is 2.59. The first-order valence-corrected chi connectivity index (χ1v) is 5.55. The number of halogens is 1. The maximum atomic E-state index is 8.82. The van der Waals surface area contributed by atoms with Gasteiger partial charge >= 0.3 is 0 Å². The molecule has 0 aliphatic carbocycles. The van der Waals surface area contributed by atoms with E-state index in [2.05, 4.69) is 44.1 Å². The molecule has 16 heavy (non-hydrogen) atoms. The summed E-state index contributed by atoms with van der Waals surface area (Å²) in [5, 5.41) is 12.4. The highest BCUT2D eigenvalue weighted by Crippen LogP contribution is 2.23. The van der Waals surface area contributed by atoms with Crippen LogP contribution in [0.2, 0.25) is 5.15 Å². The molecule has 0 aliphatic rings. The zero-order chi connectivity index (χ0) is 12.3. The van der Waals surface area contributed by atoms with E-state index < -0.39 is 0 Å². The van der Waals surface area contributed by atoms with Crippen LogP contribution in [0, 0.1) is 16.7 Å². The molecule has 1 rings (SSSR count). The molecule has 0 saturated carbocycles. The van der Waals surface area contributed by atoms with E-state index in [1.54, 1.807) is 12.1 Å². The Bertz CT molecular complexity index is 415. The number of hydrogen-bond acceptors (Lipinski definition) is 3. The van der Waals surface area contributed by atoms with E-state index >= 15 is 0 Å². The zero-order valence-electron chi connectivity index (χ0n) is 10.0. The largest absolute Gasteiger partial charge is 0.367 e. The summed E-state index contributed by atoms with van der Waals surface area (Å²) in [6.45, 7) is 8.50. The van der Waals surface area contributed by atoms with Gasteiger partial charge in [0.15, 0.2) is 0 Å². The Morgan fingerprint density at radius 3 is 2.56 bits per heavy atom. The number of pyridine rings is 1. The van der Waals surface area contributed by atoms with Crippen molar-refractivity contribution in [2.24, 2.45) is 5.41 Å². The number of hydrogen-bond donors (Lipinski definition) is 1. The Morgan fingerprint density at radius 1 is 1.44 bits per heavy atom. The van der Waals surface area contributed by atoms with E-state index in [0.717, 1.165) is 0 Å². The van der Waals surface area contributed by atoms with Gasteiger partial charge < -0.3 is 5.32 Å². The van der Waals surface area contributed by atoms with Crippen molar-refractivity contribution in [3.05, 3.63) is 22.8 Å². The van der Waals surface area contributed by atoms with Crippen molar-refractivity contribution < 1.29 is 0 Å². The fourth-order valence-electron chi connectivity index (χ4n) is 1.07. The molecular formula is C12H16ClN3. The minimum Gasteiger partial charge on any atom is -0.367 e. The second-order valence-corrected chi connectivity index (χ2v) is 5.29. The van der Waals surface area contributed by atoms with E-state index in [1.807, 2.05) is 0 Å². The van der Waals surface area contributed by atoms with Crippen LogP contribution >= 0.6 is 11.6 Å². The zero-order valence-corrected chi connectivity index (χ0v) is 10.8. The Labute approximate surface area is 101 Å². The Hall–Kier alpha value is -1.27. The summed E-state index contributed by atoms with van der Waals surface area (Å²) in [4.78, 5) is 4.14. The Kier molecular flexibility index (Phi) is 3.77. The molecular weight excluding hydrogens is 222 g/mol. The summed E-state index contributed by atoms with van der Waals surface area (Å²) in [6.07, 6.45) is 0. The molecule has 0 fully saturated rings. The topological polar surface area (TPSA) is 48.7 Å². The van der Waals surface area contributed by atoms with Crippen molar-refractivity contribution in [1.82, 2.24) is 4.98 Å². The maximum absolute atomic E-state index is 8.82. The molecule has 1 aromatic heterocycles. The summed E-state index contributed by atoms with van der Waals surface area (Å²) >= 11 is 5.82. The van der Waals surface area contributed by atoms with E-state index in [-0.39, 0.29) is 11.5 Å². The van der Waals surface area contributed by atoms with Crippen LogP contribution in [-0.4, -0.2) is 11.0 Å².